The number of allylic oxidation sites excluding steroid dienone is 16. The first kappa shape index (κ1) is 64.3. The van der Waals surface area contributed by atoms with Gasteiger partial charge in [0.25, 0.3) is 0 Å². The Balaban J connectivity index is 4.24. The lowest BCUT2D eigenvalue weighted by atomic mass is 10.0. The summed E-state index contributed by atoms with van der Waals surface area (Å²) in [6, 6.07) is 0. The minimum Gasteiger partial charge on any atom is -0.462 e. The molecule has 1 unspecified atom stereocenters. The first-order valence-electron chi connectivity index (χ1n) is 28.2. The molecule has 0 N–H and O–H groups in total. The maximum Gasteiger partial charge on any atom is 0.306 e. The van der Waals surface area contributed by atoms with Gasteiger partial charge in [-0.1, -0.05) is 234 Å². The van der Waals surface area contributed by atoms with Gasteiger partial charge in [-0.25, -0.2) is 0 Å². The highest BCUT2D eigenvalue weighted by Crippen LogP contribution is 2.14. The van der Waals surface area contributed by atoms with Gasteiger partial charge in [-0.2, -0.15) is 0 Å². The molecule has 0 radical (unpaired) electrons. The lowest BCUT2D eigenvalue weighted by Gasteiger charge is -2.18. The fourth-order valence-corrected chi connectivity index (χ4v) is 7.59. The van der Waals surface area contributed by atoms with E-state index in [0.717, 1.165) is 96.3 Å². The Morgan fingerprint density at radius 3 is 0.926 bits per heavy atom. The number of carbonyl (C=O) groups excluding carboxylic acids is 3. The Morgan fingerprint density at radius 2 is 0.574 bits per heavy atom. The molecule has 0 heterocycles. The number of hydrogen-bond acceptors (Lipinski definition) is 6. The third-order valence-corrected chi connectivity index (χ3v) is 11.8. The van der Waals surface area contributed by atoms with E-state index in [-0.39, 0.29) is 37.5 Å². The van der Waals surface area contributed by atoms with Crippen molar-refractivity contribution in [3.63, 3.8) is 0 Å². The Kier molecular flexibility index (Phi) is 52.9. The summed E-state index contributed by atoms with van der Waals surface area (Å²) >= 11 is 0. The summed E-state index contributed by atoms with van der Waals surface area (Å²) in [5.41, 5.74) is 0. The van der Waals surface area contributed by atoms with E-state index in [1.807, 2.05) is 0 Å². The molecular formula is C62H104O6. The van der Waals surface area contributed by atoms with E-state index in [4.69, 9.17) is 14.2 Å². The summed E-state index contributed by atoms with van der Waals surface area (Å²) in [5, 5.41) is 0. The molecule has 0 spiro atoms. The van der Waals surface area contributed by atoms with E-state index >= 15 is 0 Å². The fourth-order valence-electron chi connectivity index (χ4n) is 7.59. The summed E-state index contributed by atoms with van der Waals surface area (Å²) in [6.07, 6.45) is 74.3. The second kappa shape index (κ2) is 55.9. The SMILES string of the molecule is CC/C=C\C/C=C\C/C=C\C/C=C\C/C=C\C/C=C\CCCCC(=O)OC(COC(=O)CCCCCCCC)COC(=O)CCCCCCCCCCCCC/C=C\C/C=C\CCCCCCC. The highest BCUT2D eigenvalue weighted by atomic mass is 16.6. The van der Waals surface area contributed by atoms with E-state index in [1.54, 1.807) is 0 Å². The smallest absolute Gasteiger partial charge is 0.306 e. The van der Waals surface area contributed by atoms with Gasteiger partial charge in [-0.3, -0.25) is 14.4 Å². The molecule has 0 aromatic carbocycles. The van der Waals surface area contributed by atoms with Crippen LogP contribution in [0.5, 0.6) is 0 Å². The number of esters is 3. The Bertz CT molecular complexity index is 1360. The maximum atomic E-state index is 12.8. The van der Waals surface area contributed by atoms with Gasteiger partial charge < -0.3 is 14.2 Å². The van der Waals surface area contributed by atoms with Crippen LogP contribution in [0.15, 0.2) is 97.2 Å². The summed E-state index contributed by atoms with van der Waals surface area (Å²) in [5.74, 6) is -0.951. The molecule has 0 aliphatic heterocycles. The standard InChI is InChI=1S/C62H104O6/c1-4-7-10-13-16-18-20-22-24-26-28-30-31-33-34-36-38-40-42-44-46-49-52-55-61(64)67-58-59(57-66-60(63)54-51-48-15-12-9-6-3)68-62(65)56-53-50-47-45-43-41-39-37-35-32-29-27-25-23-21-19-17-14-11-8-5-2/h8,11,17,19-20,22-23,25-26,28-29,32,37,39,43,45,59H,4-7,9-10,12-16,18,21,24,27,30-31,33-36,38,40-42,44,46-58H2,1-3H3/b11-8-,19-17-,22-20-,25-23-,28-26-,32-29-,39-37-,45-43-. The lowest BCUT2D eigenvalue weighted by molar-refractivity contribution is -0.167. The van der Waals surface area contributed by atoms with Crippen LogP contribution in [-0.2, 0) is 28.6 Å². The fraction of sp³-hybridized carbons (Fsp3) is 0.694. The second-order valence-electron chi connectivity index (χ2n) is 18.5. The Labute approximate surface area is 419 Å². The third kappa shape index (κ3) is 53.3. The van der Waals surface area contributed by atoms with Crippen LogP contribution >= 0.6 is 0 Å². The van der Waals surface area contributed by atoms with Gasteiger partial charge in [-0.05, 0) is 103 Å². The van der Waals surface area contributed by atoms with Gasteiger partial charge in [0.15, 0.2) is 6.10 Å². The molecule has 0 fully saturated rings. The summed E-state index contributed by atoms with van der Waals surface area (Å²) in [7, 11) is 0. The van der Waals surface area contributed by atoms with Gasteiger partial charge in [-0.15, -0.1) is 0 Å². The van der Waals surface area contributed by atoms with Crippen LogP contribution in [0.4, 0.5) is 0 Å². The molecule has 1 atom stereocenters. The second-order valence-corrected chi connectivity index (χ2v) is 18.5. The predicted molar refractivity (Wildman–Crippen MR) is 293 cm³/mol. The molecular weight excluding hydrogens is 841 g/mol. The molecule has 0 aliphatic rings. The molecule has 0 aromatic rings. The van der Waals surface area contributed by atoms with E-state index in [2.05, 4.69) is 118 Å². The van der Waals surface area contributed by atoms with E-state index in [1.165, 1.54) is 116 Å². The molecule has 0 amide bonds. The molecule has 0 saturated heterocycles. The zero-order valence-electron chi connectivity index (χ0n) is 44.3. The molecule has 68 heavy (non-hydrogen) atoms. The summed E-state index contributed by atoms with van der Waals surface area (Å²) < 4.78 is 16.7. The van der Waals surface area contributed by atoms with E-state index < -0.39 is 6.10 Å². The van der Waals surface area contributed by atoms with Gasteiger partial charge in [0.05, 0.1) is 0 Å². The largest absolute Gasteiger partial charge is 0.462 e. The average Bonchev–Trinajstić information content (AvgIpc) is 3.34. The van der Waals surface area contributed by atoms with Gasteiger partial charge in [0.1, 0.15) is 13.2 Å². The van der Waals surface area contributed by atoms with Crippen molar-refractivity contribution in [2.75, 3.05) is 13.2 Å². The van der Waals surface area contributed by atoms with Crippen LogP contribution in [-0.4, -0.2) is 37.2 Å². The number of carbonyl (C=O) groups is 3. The quantitative estimate of drug-likeness (QED) is 0.0262. The van der Waals surface area contributed by atoms with Gasteiger partial charge in [0.2, 0.25) is 0 Å². The lowest BCUT2D eigenvalue weighted by Crippen LogP contribution is -2.30. The Morgan fingerprint density at radius 1 is 0.309 bits per heavy atom. The number of hydrogen-bond donors (Lipinski definition) is 0. The van der Waals surface area contributed by atoms with Crippen LogP contribution in [0.1, 0.15) is 258 Å². The van der Waals surface area contributed by atoms with Crippen molar-refractivity contribution in [2.24, 2.45) is 0 Å². The van der Waals surface area contributed by atoms with Crippen LogP contribution in [0.2, 0.25) is 0 Å². The van der Waals surface area contributed by atoms with E-state index in [9.17, 15) is 14.4 Å². The van der Waals surface area contributed by atoms with Crippen LogP contribution in [0, 0.1) is 0 Å². The zero-order valence-corrected chi connectivity index (χ0v) is 44.3. The maximum absolute atomic E-state index is 12.8. The van der Waals surface area contributed by atoms with Gasteiger partial charge in [0, 0.05) is 19.3 Å². The van der Waals surface area contributed by atoms with Crippen molar-refractivity contribution in [3.05, 3.63) is 97.2 Å². The van der Waals surface area contributed by atoms with Crippen molar-refractivity contribution in [1.29, 1.82) is 0 Å². The predicted octanol–water partition coefficient (Wildman–Crippen LogP) is 18.9. The van der Waals surface area contributed by atoms with Crippen molar-refractivity contribution in [2.45, 2.75) is 264 Å². The molecule has 6 nitrogen and oxygen atoms in total. The van der Waals surface area contributed by atoms with E-state index in [0.29, 0.717) is 19.3 Å². The zero-order chi connectivity index (χ0) is 49.3. The normalized spacial score (nSPS) is 12.8. The van der Waals surface area contributed by atoms with Gasteiger partial charge >= 0.3 is 17.9 Å². The number of unbranched alkanes of at least 4 members (excludes halogenated alkanes) is 23. The van der Waals surface area contributed by atoms with Crippen LogP contribution < -0.4 is 0 Å². The van der Waals surface area contributed by atoms with Crippen LogP contribution in [0.3, 0.4) is 0 Å². The van der Waals surface area contributed by atoms with Crippen molar-refractivity contribution < 1.29 is 28.6 Å². The first-order chi connectivity index (χ1) is 33.5. The van der Waals surface area contributed by atoms with Crippen LogP contribution in [0.25, 0.3) is 0 Å². The highest BCUT2D eigenvalue weighted by Gasteiger charge is 2.19. The monoisotopic (exact) mass is 945 g/mol. The minimum atomic E-state index is -0.799. The molecule has 6 heteroatoms. The topological polar surface area (TPSA) is 78.9 Å². The summed E-state index contributed by atoms with van der Waals surface area (Å²) in [4.78, 5) is 37.9. The molecule has 0 bridgehead atoms. The highest BCUT2D eigenvalue weighted by molar-refractivity contribution is 5.71. The molecule has 388 valence electrons. The van der Waals surface area contributed by atoms with Crippen molar-refractivity contribution in [1.82, 2.24) is 0 Å². The Hall–Kier alpha value is -3.67. The molecule has 0 rings (SSSR count). The third-order valence-electron chi connectivity index (χ3n) is 11.8. The number of ether oxygens (including phenoxy) is 3. The van der Waals surface area contributed by atoms with Crippen molar-refractivity contribution in [3.8, 4) is 0 Å². The van der Waals surface area contributed by atoms with Crippen molar-refractivity contribution >= 4 is 17.9 Å². The summed E-state index contributed by atoms with van der Waals surface area (Å²) in [6.45, 7) is 6.42. The molecule has 0 saturated carbocycles. The first-order valence-corrected chi connectivity index (χ1v) is 28.2. The molecule has 0 aromatic heterocycles. The molecule has 0 aliphatic carbocycles. The minimum absolute atomic E-state index is 0.0962. The number of rotatable bonds is 50. The average molecular weight is 946 g/mol.